The van der Waals surface area contributed by atoms with Crippen LogP contribution in [-0.2, 0) is 9.53 Å². The third-order valence-electron chi connectivity index (χ3n) is 3.20. The predicted molar refractivity (Wildman–Crippen MR) is 77.1 cm³/mol. The van der Waals surface area contributed by atoms with Gasteiger partial charge in [0.25, 0.3) is 5.72 Å². The summed E-state index contributed by atoms with van der Waals surface area (Å²) in [4.78, 5) is 12.5. The Balaban J connectivity index is 2.51. The molecule has 10 heteroatoms. The van der Waals surface area contributed by atoms with Crippen LogP contribution in [-0.4, -0.2) is 34.7 Å². The van der Waals surface area contributed by atoms with E-state index in [4.69, 9.17) is 17.0 Å². The number of ether oxygens (including phenoxy) is 1. The van der Waals surface area contributed by atoms with Gasteiger partial charge >= 0.3 is 12.1 Å². The highest BCUT2D eigenvalue weighted by atomic mass is 32.1. The van der Waals surface area contributed by atoms with Crippen LogP contribution in [0.4, 0.5) is 13.2 Å². The van der Waals surface area contributed by atoms with Crippen molar-refractivity contribution in [1.29, 1.82) is 0 Å². The molecule has 3 N–H and O–H groups in total. The van der Waals surface area contributed by atoms with E-state index in [1.54, 1.807) is 22.8 Å². The van der Waals surface area contributed by atoms with Gasteiger partial charge in [0.05, 0.1) is 12.6 Å². The number of alkyl halides is 3. The molecule has 1 aromatic rings. The Morgan fingerprint density at radius 2 is 2.27 bits per heavy atom. The van der Waals surface area contributed by atoms with Crippen molar-refractivity contribution in [2.45, 2.75) is 24.9 Å². The molecule has 0 spiro atoms. The molecule has 0 aromatic carbocycles. The molecule has 2 heterocycles. The van der Waals surface area contributed by atoms with E-state index in [9.17, 15) is 23.1 Å². The SMILES string of the molecule is CCOC(=O)[C@H]1[C@H](c2cccs2)NC(=S)N[C@]1(O)C(F)(F)F. The second-order valence-corrected chi connectivity index (χ2v) is 5.97. The van der Waals surface area contributed by atoms with Gasteiger partial charge in [-0.3, -0.25) is 4.79 Å². The Hall–Kier alpha value is -1.39. The highest BCUT2D eigenvalue weighted by Crippen LogP contribution is 2.43. The van der Waals surface area contributed by atoms with Gasteiger partial charge in [0, 0.05) is 4.88 Å². The lowest BCUT2D eigenvalue weighted by molar-refractivity contribution is -0.292. The van der Waals surface area contributed by atoms with Crippen LogP contribution in [0.2, 0.25) is 0 Å². The summed E-state index contributed by atoms with van der Waals surface area (Å²) < 4.78 is 44.8. The van der Waals surface area contributed by atoms with E-state index in [1.807, 2.05) is 0 Å². The summed E-state index contributed by atoms with van der Waals surface area (Å²) in [6.45, 7) is 1.36. The number of esters is 1. The van der Waals surface area contributed by atoms with Crippen molar-refractivity contribution in [3.63, 3.8) is 0 Å². The van der Waals surface area contributed by atoms with Gasteiger partial charge in [-0.05, 0) is 30.6 Å². The summed E-state index contributed by atoms with van der Waals surface area (Å²) in [5, 5.41) is 15.8. The molecule has 0 saturated carbocycles. The van der Waals surface area contributed by atoms with E-state index < -0.39 is 34.9 Å². The monoisotopic (exact) mass is 354 g/mol. The van der Waals surface area contributed by atoms with Gasteiger partial charge in [0.1, 0.15) is 5.92 Å². The highest BCUT2D eigenvalue weighted by molar-refractivity contribution is 7.80. The van der Waals surface area contributed by atoms with Gasteiger partial charge in [0.15, 0.2) is 5.11 Å². The number of halogens is 3. The van der Waals surface area contributed by atoms with Crippen molar-refractivity contribution in [2.24, 2.45) is 5.92 Å². The molecule has 22 heavy (non-hydrogen) atoms. The second kappa shape index (κ2) is 6.01. The van der Waals surface area contributed by atoms with Gasteiger partial charge in [-0.25, -0.2) is 0 Å². The summed E-state index contributed by atoms with van der Waals surface area (Å²) in [7, 11) is 0. The van der Waals surface area contributed by atoms with Crippen LogP contribution in [0.1, 0.15) is 17.8 Å². The fourth-order valence-electron chi connectivity index (χ4n) is 2.24. The lowest BCUT2D eigenvalue weighted by Crippen LogP contribution is -2.72. The fourth-order valence-corrected chi connectivity index (χ4v) is 3.34. The molecule has 1 fully saturated rings. The first-order valence-electron chi connectivity index (χ1n) is 6.28. The Bertz CT molecular complexity index is 564. The quantitative estimate of drug-likeness (QED) is 0.567. The molecule has 1 aliphatic rings. The lowest BCUT2D eigenvalue weighted by atomic mass is 9.85. The third-order valence-corrected chi connectivity index (χ3v) is 4.37. The van der Waals surface area contributed by atoms with E-state index in [0.29, 0.717) is 4.88 Å². The van der Waals surface area contributed by atoms with Crippen LogP contribution < -0.4 is 10.6 Å². The summed E-state index contributed by atoms with van der Waals surface area (Å²) in [5.74, 6) is -3.10. The van der Waals surface area contributed by atoms with Crippen LogP contribution in [0.15, 0.2) is 17.5 Å². The number of carbonyl (C=O) groups is 1. The second-order valence-electron chi connectivity index (χ2n) is 4.59. The molecular weight excluding hydrogens is 341 g/mol. The van der Waals surface area contributed by atoms with Gasteiger partial charge in [-0.1, -0.05) is 6.07 Å². The molecule has 0 unspecified atom stereocenters. The maximum absolute atomic E-state index is 13.4. The number of rotatable bonds is 3. The summed E-state index contributed by atoms with van der Waals surface area (Å²) >= 11 is 5.89. The maximum Gasteiger partial charge on any atom is 0.437 e. The molecule has 1 aromatic heterocycles. The zero-order valence-electron chi connectivity index (χ0n) is 11.3. The number of hydrogen-bond donors (Lipinski definition) is 3. The third kappa shape index (κ3) is 2.90. The van der Waals surface area contributed by atoms with Crippen LogP contribution in [0.25, 0.3) is 0 Å². The lowest BCUT2D eigenvalue weighted by Gasteiger charge is -2.45. The molecule has 0 amide bonds. The van der Waals surface area contributed by atoms with Crippen molar-refractivity contribution in [3.8, 4) is 0 Å². The molecular formula is C12H13F3N2O3S2. The zero-order valence-corrected chi connectivity index (χ0v) is 12.9. The number of hydrogen-bond acceptors (Lipinski definition) is 5. The molecule has 0 radical (unpaired) electrons. The normalized spacial score (nSPS) is 28.7. The average molecular weight is 354 g/mol. The van der Waals surface area contributed by atoms with E-state index >= 15 is 0 Å². The Morgan fingerprint density at radius 3 is 2.77 bits per heavy atom. The van der Waals surface area contributed by atoms with Crippen molar-refractivity contribution < 1.29 is 27.8 Å². The van der Waals surface area contributed by atoms with Gasteiger partial charge in [-0.2, -0.15) is 13.2 Å². The number of thiophene rings is 1. The van der Waals surface area contributed by atoms with Crippen LogP contribution in [0.3, 0.4) is 0 Å². The number of nitrogens with one attached hydrogen (secondary N) is 2. The van der Waals surface area contributed by atoms with Crippen molar-refractivity contribution in [2.75, 3.05) is 6.61 Å². The van der Waals surface area contributed by atoms with Crippen molar-refractivity contribution in [1.82, 2.24) is 10.6 Å². The molecule has 1 aliphatic heterocycles. The summed E-state index contributed by atoms with van der Waals surface area (Å²) in [5.41, 5.74) is -3.50. The zero-order chi connectivity index (χ0) is 16.5. The molecule has 3 atom stereocenters. The first-order valence-corrected chi connectivity index (χ1v) is 7.57. The Kier molecular flexibility index (Phi) is 4.64. The summed E-state index contributed by atoms with van der Waals surface area (Å²) in [6, 6.07) is 2.04. The first-order chi connectivity index (χ1) is 10.2. The molecule has 5 nitrogen and oxygen atoms in total. The van der Waals surface area contributed by atoms with Gasteiger partial charge in [-0.15, -0.1) is 11.3 Å². The largest absolute Gasteiger partial charge is 0.466 e. The average Bonchev–Trinajstić information content (AvgIpc) is 2.90. The Morgan fingerprint density at radius 1 is 1.59 bits per heavy atom. The summed E-state index contributed by atoms with van der Waals surface area (Å²) in [6.07, 6.45) is -5.12. The van der Waals surface area contributed by atoms with Crippen LogP contribution >= 0.6 is 23.6 Å². The minimum atomic E-state index is -5.12. The van der Waals surface area contributed by atoms with E-state index in [-0.39, 0.29) is 6.61 Å². The number of carbonyl (C=O) groups excluding carboxylic acids is 1. The van der Waals surface area contributed by atoms with Crippen molar-refractivity contribution >= 4 is 34.6 Å². The van der Waals surface area contributed by atoms with Crippen molar-refractivity contribution in [3.05, 3.63) is 22.4 Å². The molecule has 0 aliphatic carbocycles. The minimum absolute atomic E-state index is 0.106. The molecule has 0 bridgehead atoms. The van der Waals surface area contributed by atoms with E-state index in [0.717, 1.165) is 11.3 Å². The maximum atomic E-state index is 13.4. The van der Waals surface area contributed by atoms with Crippen LogP contribution in [0.5, 0.6) is 0 Å². The predicted octanol–water partition coefficient (Wildman–Crippen LogP) is 1.70. The number of aliphatic hydroxyl groups is 1. The topological polar surface area (TPSA) is 70.6 Å². The fraction of sp³-hybridized carbons (Fsp3) is 0.500. The highest BCUT2D eigenvalue weighted by Gasteiger charge is 2.66. The van der Waals surface area contributed by atoms with Gasteiger partial charge < -0.3 is 20.5 Å². The smallest absolute Gasteiger partial charge is 0.437 e. The minimum Gasteiger partial charge on any atom is -0.466 e. The van der Waals surface area contributed by atoms with Crippen LogP contribution in [0, 0.1) is 5.92 Å². The molecule has 1 saturated heterocycles. The van der Waals surface area contributed by atoms with E-state index in [1.165, 1.54) is 6.92 Å². The molecule has 2 rings (SSSR count). The number of thiocarbonyl (C=S) groups is 1. The molecule has 122 valence electrons. The van der Waals surface area contributed by atoms with E-state index in [2.05, 4.69) is 5.32 Å². The van der Waals surface area contributed by atoms with Gasteiger partial charge in [0.2, 0.25) is 0 Å². The standard InChI is InChI=1S/C12H13F3N2O3S2/c1-2-20-9(18)7-8(6-4-3-5-22-6)16-10(21)17-11(7,19)12(13,14)15/h3-5,7-8,19H,2H2,1H3,(H2,16,17,21)/t7-,8+,11-/m1/s1. The first kappa shape index (κ1) is 17.0. The Labute approximate surface area is 133 Å².